The number of benzene rings is 1. The van der Waals surface area contributed by atoms with Crippen molar-refractivity contribution in [1.82, 2.24) is 14.5 Å². The molecule has 1 aliphatic rings. The first-order valence-corrected chi connectivity index (χ1v) is 7.14. The van der Waals surface area contributed by atoms with E-state index in [1.807, 2.05) is 12.1 Å². The quantitative estimate of drug-likeness (QED) is 0.886. The molecule has 0 aliphatic carbocycles. The lowest BCUT2D eigenvalue weighted by atomic mass is 10.2. The van der Waals surface area contributed by atoms with Crippen LogP contribution in [-0.4, -0.2) is 33.4 Å². The molecule has 1 aromatic carbocycles. The Morgan fingerprint density at radius 3 is 2.67 bits per heavy atom. The van der Waals surface area contributed by atoms with E-state index < -0.39 is 5.91 Å². The highest BCUT2D eigenvalue weighted by Gasteiger charge is 2.17. The normalized spacial score (nSPS) is 15.6. The van der Waals surface area contributed by atoms with Gasteiger partial charge >= 0.3 is 0 Å². The number of hydrogen-bond donors (Lipinski definition) is 1. The summed E-state index contributed by atoms with van der Waals surface area (Å²) < 4.78 is 1.41. The molecular weight excluding hydrogens is 268 g/mol. The maximum Gasteiger partial charge on any atom is 0.261 e. The van der Waals surface area contributed by atoms with Gasteiger partial charge in [0.05, 0.1) is 17.4 Å². The number of primary amides is 1. The molecule has 1 aromatic heterocycles. The third-order valence-electron chi connectivity index (χ3n) is 3.82. The zero-order valence-electron chi connectivity index (χ0n) is 11.8. The Labute approximate surface area is 122 Å². The fourth-order valence-corrected chi connectivity index (χ4v) is 2.79. The minimum absolute atomic E-state index is 0.125. The smallest absolute Gasteiger partial charge is 0.261 e. The van der Waals surface area contributed by atoms with E-state index in [1.165, 1.54) is 4.57 Å². The number of fused-ring (bicyclic) bond motifs is 1. The molecule has 0 saturated carbocycles. The highest BCUT2D eigenvalue weighted by atomic mass is 16.2. The van der Waals surface area contributed by atoms with Gasteiger partial charge in [-0.15, -0.1) is 0 Å². The van der Waals surface area contributed by atoms with Gasteiger partial charge in [0.2, 0.25) is 5.91 Å². The number of amides is 1. The summed E-state index contributed by atoms with van der Waals surface area (Å²) in [4.78, 5) is 30.6. The first-order valence-electron chi connectivity index (χ1n) is 7.14. The SMILES string of the molecule is NC(=O)Cn1c(CN2CCCC2)nc2ccccc2c1=O. The topological polar surface area (TPSA) is 81.2 Å². The fourth-order valence-electron chi connectivity index (χ4n) is 2.79. The first kappa shape index (κ1) is 13.8. The van der Waals surface area contributed by atoms with Gasteiger partial charge in [-0.3, -0.25) is 19.1 Å². The maximum absolute atomic E-state index is 12.6. The van der Waals surface area contributed by atoms with Crippen LogP contribution in [0.25, 0.3) is 10.9 Å². The number of nitrogens with two attached hydrogens (primary N) is 1. The van der Waals surface area contributed by atoms with Crippen LogP contribution in [-0.2, 0) is 17.9 Å². The zero-order valence-corrected chi connectivity index (χ0v) is 11.8. The van der Waals surface area contributed by atoms with E-state index >= 15 is 0 Å². The highest BCUT2D eigenvalue weighted by molar-refractivity contribution is 5.78. The summed E-state index contributed by atoms with van der Waals surface area (Å²) in [5.41, 5.74) is 5.74. The Morgan fingerprint density at radius 2 is 1.95 bits per heavy atom. The van der Waals surface area contributed by atoms with Crippen LogP contribution in [0.5, 0.6) is 0 Å². The summed E-state index contributed by atoms with van der Waals surface area (Å²) in [5, 5.41) is 0.518. The minimum atomic E-state index is -0.531. The van der Waals surface area contributed by atoms with Crippen LogP contribution >= 0.6 is 0 Å². The van der Waals surface area contributed by atoms with Crippen molar-refractivity contribution in [3.8, 4) is 0 Å². The third kappa shape index (κ3) is 2.80. The first-order chi connectivity index (χ1) is 10.1. The predicted molar refractivity (Wildman–Crippen MR) is 79.7 cm³/mol. The summed E-state index contributed by atoms with van der Waals surface area (Å²) in [5.74, 6) is 0.0799. The molecule has 0 atom stereocenters. The van der Waals surface area contributed by atoms with Crippen LogP contribution in [0.4, 0.5) is 0 Å². The Morgan fingerprint density at radius 1 is 1.24 bits per heavy atom. The summed E-state index contributed by atoms with van der Waals surface area (Å²) in [6, 6.07) is 7.19. The molecule has 0 spiro atoms. The van der Waals surface area contributed by atoms with E-state index in [1.54, 1.807) is 12.1 Å². The molecule has 1 fully saturated rings. The van der Waals surface area contributed by atoms with Crippen molar-refractivity contribution in [3.63, 3.8) is 0 Å². The number of hydrogen-bond acceptors (Lipinski definition) is 4. The summed E-state index contributed by atoms with van der Waals surface area (Å²) in [6.45, 7) is 2.45. The number of nitrogens with zero attached hydrogens (tertiary/aromatic N) is 3. The van der Waals surface area contributed by atoms with Crippen molar-refractivity contribution in [3.05, 3.63) is 40.4 Å². The van der Waals surface area contributed by atoms with E-state index in [-0.39, 0.29) is 12.1 Å². The molecular formula is C15H18N4O2. The van der Waals surface area contributed by atoms with Crippen molar-refractivity contribution in [2.45, 2.75) is 25.9 Å². The van der Waals surface area contributed by atoms with E-state index in [0.717, 1.165) is 25.9 Å². The molecule has 1 amide bonds. The van der Waals surface area contributed by atoms with E-state index in [9.17, 15) is 9.59 Å². The van der Waals surface area contributed by atoms with Crippen LogP contribution in [0.3, 0.4) is 0 Å². The van der Waals surface area contributed by atoms with Crippen molar-refractivity contribution in [2.75, 3.05) is 13.1 Å². The molecule has 1 saturated heterocycles. The Kier molecular flexibility index (Phi) is 3.70. The molecule has 1 aliphatic heterocycles. The molecule has 2 N–H and O–H groups in total. The molecule has 3 rings (SSSR count). The Balaban J connectivity index is 2.10. The van der Waals surface area contributed by atoms with Gasteiger partial charge in [-0.05, 0) is 38.1 Å². The maximum atomic E-state index is 12.6. The van der Waals surface area contributed by atoms with Gasteiger partial charge in [-0.25, -0.2) is 4.98 Å². The Hall–Kier alpha value is -2.21. The molecule has 2 aromatic rings. The molecule has 0 unspecified atom stereocenters. The Bertz CT molecular complexity index is 732. The van der Waals surface area contributed by atoms with Gasteiger partial charge in [0.25, 0.3) is 5.56 Å². The standard InChI is InChI=1S/C15H18N4O2/c16-13(20)9-19-14(10-18-7-3-4-8-18)17-12-6-2-1-5-11(12)15(19)21/h1-2,5-6H,3-4,7-10H2,(H2,16,20). The molecule has 0 bridgehead atoms. The van der Waals surface area contributed by atoms with E-state index in [4.69, 9.17) is 5.73 Å². The highest BCUT2D eigenvalue weighted by Crippen LogP contribution is 2.13. The van der Waals surface area contributed by atoms with E-state index in [0.29, 0.717) is 23.3 Å². The second-order valence-corrected chi connectivity index (χ2v) is 5.39. The van der Waals surface area contributed by atoms with Crippen LogP contribution < -0.4 is 11.3 Å². The number of carbonyl (C=O) groups is 1. The number of aromatic nitrogens is 2. The number of para-hydroxylation sites is 1. The number of likely N-dealkylation sites (tertiary alicyclic amines) is 1. The number of rotatable bonds is 4. The molecule has 2 heterocycles. The fraction of sp³-hybridized carbons (Fsp3) is 0.400. The molecule has 6 nitrogen and oxygen atoms in total. The lowest BCUT2D eigenvalue weighted by Crippen LogP contribution is -2.34. The van der Waals surface area contributed by atoms with Crippen molar-refractivity contribution in [2.24, 2.45) is 5.73 Å². The molecule has 0 radical (unpaired) electrons. The summed E-state index contributed by atoms with van der Waals surface area (Å²) >= 11 is 0. The molecule has 21 heavy (non-hydrogen) atoms. The molecule has 6 heteroatoms. The lowest BCUT2D eigenvalue weighted by Gasteiger charge is -2.18. The van der Waals surface area contributed by atoms with Crippen LogP contribution in [0.15, 0.2) is 29.1 Å². The van der Waals surface area contributed by atoms with Gasteiger partial charge in [0.1, 0.15) is 12.4 Å². The number of carbonyl (C=O) groups excluding carboxylic acids is 1. The third-order valence-corrected chi connectivity index (χ3v) is 3.82. The largest absolute Gasteiger partial charge is 0.368 e. The lowest BCUT2D eigenvalue weighted by molar-refractivity contribution is -0.118. The van der Waals surface area contributed by atoms with Gasteiger partial charge < -0.3 is 5.73 Å². The monoisotopic (exact) mass is 286 g/mol. The second-order valence-electron chi connectivity index (χ2n) is 5.39. The average molecular weight is 286 g/mol. The van der Waals surface area contributed by atoms with Crippen LogP contribution in [0.1, 0.15) is 18.7 Å². The summed E-state index contributed by atoms with van der Waals surface area (Å²) in [6.07, 6.45) is 2.32. The minimum Gasteiger partial charge on any atom is -0.368 e. The van der Waals surface area contributed by atoms with E-state index in [2.05, 4.69) is 9.88 Å². The van der Waals surface area contributed by atoms with Crippen LogP contribution in [0, 0.1) is 0 Å². The summed E-state index contributed by atoms with van der Waals surface area (Å²) in [7, 11) is 0. The molecule has 110 valence electrons. The van der Waals surface area contributed by atoms with Crippen molar-refractivity contribution in [1.29, 1.82) is 0 Å². The van der Waals surface area contributed by atoms with Crippen molar-refractivity contribution >= 4 is 16.8 Å². The van der Waals surface area contributed by atoms with Gasteiger partial charge in [0.15, 0.2) is 0 Å². The van der Waals surface area contributed by atoms with Gasteiger partial charge in [-0.1, -0.05) is 12.1 Å². The second kappa shape index (κ2) is 5.65. The van der Waals surface area contributed by atoms with Gasteiger partial charge in [0, 0.05) is 0 Å². The predicted octanol–water partition coefficient (Wildman–Crippen LogP) is 0.478. The average Bonchev–Trinajstić information content (AvgIpc) is 2.96. The van der Waals surface area contributed by atoms with Crippen LogP contribution in [0.2, 0.25) is 0 Å². The van der Waals surface area contributed by atoms with Crippen molar-refractivity contribution < 1.29 is 4.79 Å². The van der Waals surface area contributed by atoms with Gasteiger partial charge in [-0.2, -0.15) is 0 Å². The zero-order chi connectivity index (χ0) is 14.8.